The summed E-state index contributed by atoms with van der Waals surface area (Å²) in [7, 11) is 1.71. The first kappa shape index (κ1) is 18.2. The normalized spacial score (nSPS) is 29.8. The predicted molar refractivity (Wildman–Crippen MR) is 102 cm³/mol. The van der Waals surface area contributed by atoms with Gasteiger partial charge in [0.05, 0.1) is 32.5 Å². The van der Waals surface area contributed by atoms with Crippen molar-refractivity contribution >= 4 is 0 Å². The largest absolute Gasteiger partial charge is 0.497 e. The number of hydrogen-bond donors (Lipinski definition) is 0. The van der Waals surface area contributed by atoms with E-state index in [2.05, 4.69) is 21.9 Å². The minimum absolute atomic E-state index is 0.237. The van der Waals surface area contributed by atoms with Crippen LogP contribution in [-0.4, -0.2) is 74.6 Å². The van der Waals surface area contributed by atoms with Crippen molar-refractivity contribution in [3.8, 4) is 5.75 Å². The Morgan fingerprint density at radius 1 is 1.08 bits per heavy atom. The first-order valence-electron chi connectivity index (χ1n) is 10.2. The molecule has 144 valence electrons. The van der Waals surface area contributed by atoms with Gasteiger partial charge in [-0.2, -0.15) is 0 Å². The van der Waals surface area contributed by atoms with Crippen molar-refractivity contribution in [2.75, 3.05) is 46.5 Å². The lowest BCUT2D eigenvalue weighted by atomic mass is 10.1. The Morgan fingerprint density at radius 3 is 2.65 bits per heavy atom. The van der Waals surface area contributed by atoms with Crippen LogP contribution in [0.15, 0.2) is 24.3 Å². The van der Waals surface area contributed by atoms with Gasteiger partial charge in [-0.3, -0.25) is 4.90 Å². The van der Waals surface area contributed by atoms with Crippen LogP contribution in [0.4, 0.5) is 0 Å². The lowest BCUT2D eigenvalue weighted by Crippen LogP contribution is -2.51. The van der Waals surface area contributed by atoms with Crippen LogP contribution in [0.5, 0.6) is 5.75 Å². The van der Waals surface area contributed by atoms with Gasteiger partial charge in [0.15, 0.2) is 0 Å². The number of fused-ring (bicyclic) bond motifs is 1. The Morgan fingerprint density at radius 2 is 1.88 bits per heavy atom. The average molecular weight is 360 g/mol. The summed E-state index contributed by atoms with van der Waals surface area (Å²) >= 11 is 0. The monoisotopic (exact) mass is 360 g/mol. The van der Waals surface area contributed by atoms with Gasteiger partial charge in [0.2, 0.25) is 0 Å². The zero-order valence-electron chi connectivity index (χ0n) is 15.9. The maximum absolute atomic E-state index is 6.25. The lowest BCUT2D eigenvalue weighted by Gasteiger charge is -2.39. The Hall–Kier alpha value is -1.14. The van der Waals surface area contributed by atoms with Crippen LogP contribution < -0.4 is 4.74 Å². The molecule has 2 heterocycles. The summed E-state index contributed by atoms with van der Waals surface area (Å²) in [5, 5.41) is 0. The first-order valence-corrected chi connectivity index (χ1v) is 10.2. The molecule has 26 heavy (non-hydrogen) atoms. The molecule has 1 aromatic rings. The number of rotatable bonds is 7. The third-order valence-corrected chi connectivity index (χ3v) is 6.13. The summed E-state index contributed by atoms with van der Waals surface area (Å²) in [4.78, 5) is 5.10. The fourth-order valence-electron chi connectivity index (χ4n) is 4.67. The van der Waals surface area contributed by atoms with E-state index in [1.165, 1.54) is 37.9 Å². The third kappa shape index (κ3) is 4.22. The van der Waals surface area contributed by atoms with Crippen LogP contribution in [0.3, 0.4) is 0 Å². The molecule has 4 rings (SSSR count). The summed E-state index contributed by atoms with van der Waals surface area (Å²) in [5.41, 5.74) is 1.34. The molecular weight excluding hydrogens is 328 g/mol. The molecule has 1 saturated carbocycles. The van der Waals surface area contributed by atoms with Crippen molar-refractivity contribution in [3.05, 3.63) is 29.8 Å². The van der Waals surface area contributed by atoms with Gasteiger partial charge < -0.3 is 19.1 Å². The molecule has 1 aliphatic carbocycles. The topological polar surface area (TPSA) is 34.2 Å². The van der Waals surface area contributed by atoms with Crippen molar-refractivity contribution < 1.29 is 14.2 Å². The van der Waals surface area contributed by atoms with Crippen molar-refractivity contribution in [1.29, 1.82) is 0 Å². The van der Waals surface area contributed by atoms with E-state index in [9.17, 15) is 0 Å². The van der Waals surface area contributed by atoms with E-state index in [1.54, 1.807) is 7.11 Å². The number of hydrogen-bond acceptors (Lipinski definition) is 5. The molecule has 1 aromatic carbocycles. The Kier molecular flexibility index (Phi) is 6.10. The highest BCUT2D eigenvalue weighted by molar-refractivity contribution is 5.27. The van der Waals surface area contributed by atoms with Crippen molar-refractivity contribution in [3.63, 3.8) is 0 Å². The maximum Gasteiger partial charge on any atom is 0.118 e. The molecule has 0 amide bonds. The van der Waals surface area contributed by atoms with E-state index in [4.69, 9.17) is 14.2 Å². The number of likely N-dealkylation sites (tertiary alicyclic amines) is 1. The lowest BCUT2D eigenvalue weighted by molar-refractivity contribution is -0.116. The molecule has 3 aliphatic rings. The van der Waals surface area contributed by atoms with Gasteiger partial charge >= 0.3 is 0 Å². The smallest absolute Gasteiger partial charge is 0.118 e. The fraction of sp³-hybridized carbons (Fsp3) is 0.714. The van der Waals surface area contributed by atoms with Crippen LogP contribution in [0, 0.1) is 0 Å². The number of nitrogens with zero attached hydrogens (tertiary/aromatic N) is 2. The first-order chi connectivity index (χ1) is 12.8. The molecule has 0 radical (unpaired) electrons. The molecule has 5 heteroatoms. The highest BCUT2D eigenvalue weighted by Crippen LogP contribution is 2.33. The summed E-state index contributed by atoms with van der Waals surface area (Å²) < 4.78 is 17.7. The molecule has 3 atom stereocenters. The molecule has 2 saturated heterocycles. The second kappa shape index (κ2) is 8.70. The van der Waals surface area contributed by atoms with Crippen LogP contribution in [0.2, 0.25) is 0 Å². The Balaban J connectivity index is 1.29. The van der Waals surface area contributed by atoms with Crippen molar-refractivity contribution in [1.82, 2.24) is 9.80 Å². The molecule has 3 fully saturated rings. The van der Waals surface area contributed by atoms with Crippen molar-refractivity contribution in [2.45, 2.75) is 50.5 Å². The van der Waals surface area contributed by atoms with Gasteiger partial charge in [-0.25, -0.2) is 0 Å². The summed E-state index contributed by atoms with van der Waals surface area (Å²) in [6, 6.07) is 8.92. The van der Waals surface area contributed by atoms with E-state index in [-0.39, 0.29) is 12.2 Å². The Labute approximate surface area is 157 Å². The van der Waals surface area contributed by atoms with Crippen LogP contribution in [-0.2, 0) is 16.0 Å². The van der Waals surface area contributed by atoms with Gasteiger partial charge in [0.25, 0.3) is 0 Å². The van der Waals surface area contributed by atoms with E-state index >= 15 is 0 Å². The van der Waals surface area contributed by atoms with Gasteiger partial charge in [-0.1, -0.05) is 12.1 Å². The SMILES string of the molecule is COc1ccc(CN2CCO[C@@H]3[C@@H](OCCN4CCCC4)CC[C@H]32)cc1. The molecule has 5 nitrogen and oxygen atoms in total. The standard InChI is InChI=1S/C21H32N2O3/c1-24-18-6-4-17(5-7-18)16-23-13-15-26-21-19(23)8-9-20(21)25-14-12-22-10-2-3-11-22/h4-7,19-21H,2-3,8-16H2,1H3/t19-,20+,21+/m1/s1. The van der Waals surface area contributed by atoms with E-state index in [0.717, 1.165) is 45.0 Å². The van der Waals surface area contributed by atoms with E-state index < -0.39 is 0 Å². The van der Waals surface area contributed by atoms with Crippen LogP contribution in [0.1, 0.15) is 31.2 Å². The van der Waals surface area contributed by atoms with E-state index in [1.807, 2.05) is 12.1 Å². The number of morpholine rings is 1. The minimum atomic E-state index is 0.237. The quantitative estimate of drug-likeness (QED) is 0.746. The summed E-state index contributed by atoms with van der Waals surface area (Å²) in [6.45, 7) is 7.20. The van der Waals surface area contributed by atoms with Gasteiger partial charge in [-0.05, 0) is 56.5 Å². The summed E-state index contributed by atoms with van der Waals surface area (Å²) in [5.74, 6) is 0.918. The van der Waals surface area contributed by atoms with E-state index in [0.29, 0.717) is 6.04 Å². The molecule has 0 N–H and O–H groups in total. The minimum Gasteiger partial charge on any atom is -0.497 e. The molecule has 0 aromatic heterocycles. The predicted octanol–water partition coefficient (Wildman–Crippen LogP) is 2.54. The van der Waals surface area contributed by atoms with Crippen LogP contribution >= 0.6 is 0 Å². The molecule has 0 unspecified atom stereocenters. The Bertz CT molecular complexity index is 559. The second-order valence-electron chi connectivity index (χ2n) is 7.76. The average Bonchev–Trinajstić information content (AvgIpc) is 3.33. The van der Waals surface area contributed by atoms with Crippen LogP contribution in [0.25, 0.3) is 0 Å². The maximum atomic E-state index is 6.25. The number of ether oxygens (including phenoxy) is 3. The third-order valence-electron chi connectivity index (χ3n) is 6.13. The fourth-order valence-corrected chi connectivity index (χ4v) is 4.67. The zero-order valence-corrected chi connectivity index (χ0v) is 15.9. The molecule has 0 spiro atoms. The molecular formula is C21H32N2O3. The zero-order chi connectivity index (χ0) is 17.8. The van der Waals surface area contributed by atoms with Crippen molar-refractivity contribution in [2.24, 2.45) is 0 Å². The second-order valence-corrected chi connectivity index (χ2v) is 7.76. The van der Waals surface area contributed by atoms with Gasteiger partial charge in [0.1, 0.15) is 5.75 Å². The number of methoxy groups -OCH3 is 1. The highest BCUT2D eigenvalue weighted by Gasteiger charge is 2.43. The summed E-state index contributed by atoms with van der Waals surface area (Å²) in [6.07, 6.45) is 5.49. The molecule has 0 bridgehead atoms. The molecule has 2 aliphatic heterocycles. The van der Waals surface area contributed by atoms with Gasteiger partial charge in [0, 0.05) is 25.7 Å². The van der Waals surface area contributed by atoms with Gasteiger partial charge in [-0.15, -0.1) is 0 Å². The highest BCUT2D eigenvalue weighted by atomic mass is 16.5. The number of benzene rings is 1.